The second kappa shape index (κ2) is 5.88. The highest BCUT2D eigenvalue weighted by molar-refractivity contribution is 5.85. The molecule has 1 amide bonds. The number of carbonyl (C=O) groups is 1. The number of alkyl halides is 3. The van der Waals surface area contributed by atoms with E-state index < -0.39 is 24.7 Å². The van der Waals surface area contributed by atoms with Gasteiger partial charge in [0, 0.05) is 25.9 Å². The molecule has 1 unspecified atom stereocenters. The van der Waals surface area contributed by atoms with Gasteiger partial charge in [0.15, 0.2) is 5.60 Å². The monoisotopic (exact) mass is 276 g/mol. The average Bonchev–Trinajstić information content (AvgIpc) is 2.58. The number of carbonyl (C=O) groups excluding carboxylic acids is 1. The third kappa shape index (κ3) is 3.72. The first-order valence-corrected chi connectivity index (χ1v) is 5.01. The molecular formula is C9H16ClF3N2O2. The summed E-state index contributed by atoms with van der Waals surface area (Å²) in [5.41, 5.74) is -2.73. The van der Waals surface area contributed by atoms with E-state index in [1.165, 1.54) is 0 Å². The van der Waals surface area contributed by atoms with Crippen LogP contribution in [0, 0.1) is 0 Å². The van der Waals surface area contributed by atoms with E-state index in [2.05, 4.69) is 5.32 Å². The summed E-state index contributed by atoms with van der Waals surface area (Å²) >= 11 is 0. The van der Waals surface area contributed by atoms with Crippen molar-refractivity contribution in [1.82, 2.24) is 10.2 Å². The molecule has 0 bridgehead atoms. The third-order valence-corrected chi connectivity index (χ3v) is 2.72. The van der Waals surface area contributed by atoms with E-state index in [0.29, 0.717) is 6.54 Å². The Morgan fingerprint density at radius 3 is 2.53 bits per heavy atom. The fourth-order valence-corrected chi connectivity index (χ4v) is 1.63. The standard InChI is InChI=1S/C9H15F3N2O2.ClH/c1-13-4-2-7(15)14-5-3-8(16,6-14)9(10,11)12;/h13,16H,2-6H2,1H3;1H. The molecular weight excluding hydrogens is 261 g/mol. The van der Waals surface area contributed by atoms with E-state index in [9.17, 15) is 23.1 Å². The number of nitrogens with zero attached hydrogens (tertiary/aromatic N) is 1. The number of halogens is 4. The zero-order valence-electron chi connectivity index (χ0n) is 9.38. The number of β-amino-alcohol motifs (C(OH)–C–C–N with tert-alkyl or cyclic N) is 1. The molecule has 1 saturated heterocycles. The van der Waals surface area contributed by atoms with Crippen LogP contribution in [-0.2, 0) is 4.79 Å². The van der Waals surface area contributed by atoms with Gasteiger partial charge in [-0.25, -0.2) is 0 Å². The average molecular weight is 277 g/mol. The summed E-state index contributed by atoms with van der Waals surface area (Å²) in [5, 5.41) is 12.1. The van der Waals surface area contributed by atoms with Crippen LogP contribution in [0.15, 0.2) is 0 Å². The zero-order valence-corrected chi connectivity index (χ0v) is 10.2. The molecule has 1 rings (SSSR count). The van der Waals surface area contributed by atoms with Crippen molar-refractivity contribution in [2.45, 2.75) is 24.6 Å². The summed E-state index contributed by atoms with van der Waals surface area (Å²) in [6.07, 6.45) is -4.97. The first-order valence-electron chi connectivity index (χ1n) is 5.01. The lowest BCUT2D eigenvalue weighted by molar-refractivity contribution is -0.253. The minimum Gasteiger partial charge on any atom is -0.379 e. The van der Waals surface area contributed by atoms with Crippen LogP contribution in [0.1, 0.15) is 12.8 Å². The molecule has 1 fully saturated rings. The number of nitrogens with one attached hydrogen (secondary N) is 1. The second-order valence-electron chi connectivity index (χ2n) is 3.95. The van der Waals surface area contributed by atoms with Gasteiger partial charge in [-0.3, -0.25) is 4.79 Å². The number of rotatable bonds is 3. The Morgan fingerprint density at radius 1 is 1.53 bits per heavy atom. The van der Waals surface area contributed by atoms with Gasteiger partial charge in [0.05, 0.1) is 6.54 Å². The molecule has 1 aliphatic heterocycles. The Bertz CT molecular complexity index is 275. The summed E-state index contributed by atoms with van der Waals surface area (Å²) in [5.74, 6) is -0.366. The van der Waals surface area contributed by atoms with Crippen LogP contribution in [0.5, 0.6) is 0 Å². The third-order valence-electron chi connectivity index (χ3n) is 2.72. The highest BCUT2D eigenvalue weighted by Gasteiger charge is 2.57. The molecule has 2 N–H and O–H groups in total. The van der Waals surface area contributed by atoms with Gasteiger partial charge < -0.3 is 15.3 Å². The molecule has 0 spiro atoms. The number of amides is 1. The van der Waals surface area contributed by atoms with Gasteiger partial charge in [0.2, 0.25) is 5.91 Å². The molecule has 4 nitrogen and oxygen atoms in total. The summed E-state index contributed by atoms with van der Waals surface area (Å²) in [6.45, 7) is -0.280. The van der Waals surface area contributed by atoms with Crippen molar-refractivity contribution in [3.05, 3.63) is 0 Å². The van der Waals surface area contributed by atoms with Crippen molar-refractivity contribution in [3.8, 4) is 0 Å². The van der Waals surface area contributed by atoms with Gasteiger partial charge in [-0.05, 0) is 7.05 Å². The Morgan fingerprint density at radius 2 is 2.12 bits per heavy atom. The van der Waals surface area contributed by atoms with Crippen LogP contribution in [0.4, 0.5) is 13.2 Å². The molecule has 0 aromatic heterocycles. The topological polar surface area (TPSA) is 52.6 Å². The van der Waals surface area contributed by atoms with Crippen molar-refractivity contribution in [2.75, 3.05) is 26.7 Å². The normalized spacial score (nSPS) is 24.6. The lowest BCUT2D eigenvalue weighted by Crippen LogP contribution is -2.48. The number of hydrogen-bond donors (Lipinski definition) is 2. The molecule has 0 aliphatic carbocycles. The first kappa shape index (κ1) is 16.5. The van der Waals surface area contributed by atoms with Crippen molar-refractivity contribution in [2.24, 2.45) is 0 Å². The lowest BCUT2D eigenvalue weighted by atomic mass is 10.0. The summed E-state index contributed by atoms with van der Waals surface area (Å²) in [6, 6.07) is 0. The van der Waals surface area contributed by atoms with Crippen molar-refractivity contribution in [1.29, 1.82) is 0 Å². The van der Waals surface area contributed by atoms with Crippen LogP contribution in [0.2, 0.25) is 0 Å². The predicted octanol–water partition coefficient (Wildman–Crippen LogP) is 0.543. The molecule has 102 valence electrons. The van der Waals surface area contributed by atoms with Crippen molar-refractivity contribution < 1.29 is 23.1 Å². The Hall–Kier alpha value is -0.530. The van der Waals surface area contributed by atoms with Gasteiger partial charge in [0.1, 0.15) is 0 Å². The largest absolute Gasteiger partial charge is 0.419 e. The fourth-order valence-electron chi connectivity index (χ4n) is 1.63. The summed E-state index contributed by atoms with van der Waals surface area (Å²) in [4.78, 5) is 12.5. The van der Waals surface area contributed by atoms with Gasteiger partial charge >= 0.3 is 6.18 Å². The minimum atomic E-state index is -4.68. The molecule has 1 aliphatic rings. The number of likely N-dealkylation sites (tertiary alicyclic amines) is 1. The molecule has 17 heavy (non-hydrogen) atoms. The van der Waals surface area contributed by atoms with E-state index in [1.54, 1.807) is 7.05 Å². The first-order chi connectivity index (χ1) is 7.30. The quantitative estimate of drug-likeness (QED) is 0.791. The van der Waals surface area contributed by atoms with Crippen LogP contribution < -0.4 is 5.32 Å². The van der Waals surface area contributed by atoms with E-state index in [0.717, 1.165) is 4.90 Å². The maximum Gasteiger partial charge on any atom is 0.419 e. The van der Waals surface area contributed by atoms with Crippen LogP contribution in [0.3, 0.4) is 0 Å². The van der Waals surface area contributed by atoms with E-state index in [4.69, 9.17) is 0 Å². The summed E-state index contributed by atoms with van der Waals surface area (Å²) < 4.78 is 37.3. The number of aliphatic hydroxyl groups is 1. The smallest absolute Gasteiger partial charge is 0.379 e. The van der Waals surface area contributed by atoms with Gasteiger partial charge in [-0.2, -0.15) is 13.2 Å². The Labute approximate surface area is 104 Å². The molecule has 0 radical (unpaired) electrons. The molecule has 8 heteroatoms. The predicted molar refractivity (Wildman–Crippen MR) is 58.0 cm³/mol. The van der Waals surface area contributed by atoms with E-state index in [1.807, 2.05) is 0 Å². The molecule has 1 atom stereocenters. The lowest BCUT2D eigenvalue weighted by Gasteiger charge is -2.25. The zero-order chi connectivity index (χ0) is 12.4. The van der Waals surface area contributed by atoms with Crippen molar-refractivity contribution >= 4 is 18.3 Å². The molecule has 0 aromatic carbocycles. The van der Waals surface area contributed by atoms with E-state index >= 15 is 0 Å². The van der Waals surface area contributed by atoms with Gasteiger partial charge in [0.25, 0.3) is 0 Å². The van der Waals surface area contributed by atoms with Crippen molar-refractivity contribution in [3.63, 3.8) is 0 Å². The van der Waals surface area contributed by atoms with Crippen LogP contribution in [0.25, 0.3) is 0 Å². The number of hydrogen-bond acceptors (Lipinski definition) is 3. The highest BCUT2D eigenvalue weighted by atomic mass is 35.5. The van der Waals surface area contributed by atoms with Crippen LogP contribution >= 0.6 is 12.4 Å². The summed E-state index contributed by atoms with van der Waals surface area (Å²) in [7, 11) is 1.66. The molecule has 0 aromatic rings. The highest BCUT2D eigenvalue weighted by Crippen LogP contribution is 2.37. The Balaban J connectivity index is 0.00000256. The minimum absolute atomic E-state index is 0. The maximum atomic E-state index is 12.4. The maximum absolute atomic E-state index is 12.4. The Kier molecular flexibility index (Phi) is 5.70. The van der Waals surface area contributed by atoms with Crippen LogP contribution in [-0.4, -0.2) is 54.4 Å². The van der Waals surface area contributed by atoms with Gasteiger partial charge in [-0.1, -0.05) is 0 Å². The molecule has 0 saturated carbocycles. The second-order valence-corrected chi connectivity index (χ2v) is 3.95. The SMILES string of the molecule is CNCCC(=O)N1CCC(O)(C(F)(F)F)C1.Cl. The molecule has 1 heterocycles. The van der Waals surface area contributed by atoms with Gasteiger partial charge in [-0.15, -0.1) is 12.4 Å². The fraction of sp³-hybridized carbons (Fsp3) is 0.889. The van der Waals surface area contributed by atoms with E-state index in [-0.39, 0.29) is 31.3 Å².